The van der Waals surface area contributed by atoms with E-state index in [-0.39, 0.29) is 12.8 Å². The summed E-state index contributed by atoms with van der Waals surface area (Å²) in [5, 5.41) is 13.3. The average Bonchev–Trinajstić information content (AvgIpc) is 2.17. The molecule has 8 heavy (non-hydrogen) atoms. The minimum atomic E-state index is -0.426. The molecule has 45 valence electrons. The van der Waals surface area contributed by atoms with E-state index in [0.29, 0.717) is 0 Å². The van der Waals surface area contributed by atoms with Crippen molar-refractivity contribution in [2.45, 2.75) is 24.8 Å². The van der Waals surface area contributed by atoms with Gasteiger partial charge in [0.15, 0.2) is 0 Å². The molecule has 3 aliphatic rings. The number of ether oxygens (including phenoxy) is 1. The van der Waals surface area contributed by atoms with E-state index < -0.39 is 5.72 Å². The molecule has 0 aromatic carbocycles. The van der Waals surface area contributed by atoms with Crippen LogP contribution in [-0.2, 0) is 9.84 Å². The monoisotopic (exact) mass is 114 g/mol. The van der Waals surface area contributed by atoms with Crippen molar-refractivity contribution in [1.29, 1.82) is 0 Å². The maximum atomic E-state index is 10.3. The van der Waals surface area contributed by atoms with E-state index in [9.17, 15) is 5.11 Å². The van der Waals surface area contributed by atoms with Crippen LogP contribution in [0.2, 0.25) is 0 Å². The van der Waals surface area contributed by atoms with E-state index in [2.05, 4.69) is 5.32 Å². The molecule has 2 bridgehead atoms. The molecule has 0 aromatic rings. The normalized spacial score (nSPS) is 51.4. The Morgan fingerprint density at radius 2 is 2.62 bits per heavy atom. The van der Waals surface area contributed by atoms with Gasteiger partial charge in [0.2, 0.25) is 0 Å². The Labute approximate surface area is 47.6 Å². The quantitative estimate of drug-likeness (QED) is 0.515. The molecule has 3 rings (SSSR count). The van der Waals surface area contributed by atoms with Gasteiger partial charge in [-0.2, -0.15) is 0 Å². The highest BCUT2D eigenvalue weighted by Crippen LogP contribution is 2.36. The van der Waals surface area contributed by atoms with Gasteiger partial charge in [0.25, 0.3) is 0 Å². The molecule has 3 nitrogen and oxygen atoms in total. The zero-order valence-corrected chi connectivity index (χ0v) is 4.52. The Morgan fingerprint density at radius 1 is 1.88 bits per heavy atom. The number of nitrogens with one attached hydrogen (secondary N) is 1. The van der Waals surface area contributed by atoms with Crippen molar-refractivity contribution in [2.24, 2.45) is 0 Å². The molecular formula is C5H8NO2. The van der Waals surface area contributed by atoms with Gasteiger partial charge in [0.05, 0.1) is 0 Å². The van der Waals surface area contributed by atoms with Crippen LogP contribution < -0.4 is 5.32 Å². The summed E-state index contributed by atoms with van der Waals surface area (Å²) < 4.78 is 5.16. The molecule has 0 saturated carbocycles. The smallest absolute Gasteiger partial charge is 0.150 e. The number of rotatable bonds is 1. The van der Waals surface area contributed by atoms with Crippen molar-refractivity contribution in [3.05, 3.63) is 0 Å². The molecule has 0 aromatic heterocycles. The van der Waals surface area contributed by atoms with Gasteiger partial charge < -0.3 is 4.74 Å². The fraction of sp³-hybridized carbons (Fsp3) is 1.00. The molecule has 3 aliphatic heterocycles. The topological polar surface area (TPSA) is 41.2 Å². The Bertz CT molecular complexity index is 103. The summed E-state index contributed by atoms with van der Waals surface area (Å²) in [4.78, 5) is 0. The second-order valence-corrected chi connectivity index (χ2v) is 2.43. The highest BCUT2D eigenvalue weighted by Gasteiger charge is 2.51. The third-order valence-electron chi connectivity index (χ3n) is 1.84. The summed E-state index contributed by atoms with van der Waals surface area (Å²) in [6, 6.07) is 0. The van der Waals surface area contributed by atoms with Crippen molar-refractivity contribution in [1.82, 2.24) is 5.32 Å². The summed E-state index contributed by atoms with van der Waals surface area (Å²) in [6.45, 7) is -0.135. The number of hydrogen-bond donors (Lipinski definition) is 1. The molecule has 3 saturated heterocycles. The highest BCUT2D eigenvalue weighted by molar-refractivity contribution is 4.96. The van der Waals surface area contributed by atoms with Gasteiger partial charge in [-0.1, -0.05) is 0 Å². The van der Waals surface area contributed by atoms with Crippen molar-refractivity contribution in [3.63, 3.8) is 0 Å². The maximum Gasteiger partial charge on any atom is 0.150 e. The first-order valence-corrected chi connectivity index (χ1v) is 2.88. The fourth-order valence-corrected chi connectivity index (χ4v) is 1.35. The summed E-state index contributed by atoms with van der Waals surface area (Å²) in [7, 11) is 0. The fourth-order valence-electron chi connectivity index (χ4n) is 1.35. The molecule has 0 amide bonds. The van der Waals surface area contributed by atoms with Crippen molar-refractivity contribution < 1.29 is 9.84 Å². The van der Waals surface area contributed by atoms with Gasteiger partial charge in [-0.15, -0.1) is 0 Å². The van der Waals surface area contributed by atoms with Gasteiger partial charge >= 0.3 is 0 Å². The van der Waals surface area contributed by atoms with Gasteiger partial charge in [-0.05, 0) is 12.8 Å². The van der Waals surface area contributed by atoms with Gasteiger partial charge in [0, 0.05) is 0 Å². The number of fused-ring (bicyclic) bond motifs is 1. The maximum absolute atomic E-state index is 10.3. The van der Waals surface area contributed by atoms with Crippen LogP contribution in [0.3, 0.4) is 0 Å². The summed E-state index contributed by atoms with van der Waals surface area (Å²) in [5.41, 5.74) is -0.426. The zero-order valence-electron chi connectivity index (χ0n) is 4.52. The lowest BCUT2D eigenvalue weighted by molar-refractivity contribution is -0.215. The molecular weight excluding hydrogens is 106 g/mol. The van der Waals surface area contributed by atoms with Crippen molar-refractivity contribution in [2.75, 3.05) is 6.61 Å². The van der Waals surface area contributed by atoms with Crippen LogP contribution in [-0.4, -0.2) is 18.6 Å². The van der Waals surface area contributed by atoms with Gasteiger partial charge in [0.1, 0.15) is 18.6 Å². The summed E-state index contributed by atoms with van der Waals surface area (Å²) in [6.07, 6.45) is 2.13. The van der Waals surface area contributed by atoms with Crippen LogP contribution in [0.25, 0.3) is 0 Å². The largest absolute Gasteiger partial charge is 0.340 e. The molecule has 1 N–H and O–H groups in total. The first-order valence-electron chi connectivity index (χ1n) is 2.88. The van der Waals surface area contributed by atoms with Crippen LogP contribution in [0.1, 0.15) is 12.8 Å². The highest BCUT2D eigenvalue weighted by atomic mass is 16.6. The third kappa shape index (κ3) is 0.393. The molecule has 0 spiro atoms. The predicted molar refractivity (Wildman–Crippen MR) is 25.5 cm³/mol. The standard InChI is InChI=1S/C5H8NO2/c7-3-5-2-1-4(6-5)8-5/h4,6H,1-3H2/t4?,5-/m1/s1. The SMILES string of the molecule is [O]C[C@]12CCC(N1)O2. The first kappa shape index (κ1) is 4.73. The second kappa shape index (κ2) is 1.23. The van der Waals surface area contributed by atoms with Crippen LogP contribution in [0.15, 0.2) is 0 Å². The van der Waals surface area contributed by atoms with E-state index >= 15 is 0 Å². The van der Waals surface area contributed by atoms with E-state index in [1.165, 1.54) is 0 Å². The Balaban J connectivity index is 2.09. The zero-order chi connectivity index (χ0) is 5.61. The van der Waals surface area contributed by atoms with E-state index in [4.69, 9.17) is 4.74 Å². The summed E-state index contributed by atoms with van der Waals surface area (Å²) in [5.74, 6) is 0. The lowest BCUT2D eigenvalue weighted by Gasteiger charge is -2.37. The van der Waals surface area contributed by atoms with Crippen LogP contribution in [0.4, 0.5) is 0 Å². The molecule has 3 heterocycles. The van der Waals surface area contributed by atoms with Crippen LogP contribution >= 0.6 is 0 Å². The predicted octanol–water partition coefficient (Wildman–Crippen LogP) is -0.147. The minimum absolute atomic E-state index is 0.135. The molecule has 3 fully saturated rings. The molecule has 2 atom stereocenters. The molecule has 1 unspecified atom stereocenters. The van der Waals surface area contributed by atoms with Crippen molar-refractivity contribution >= 4 is 0 Å². The molecule has 1 radical (unpaired) electrons. The first-order chi connectivity index (χ1) is 3.85. The van der Waals surface area contributed by atoms with Gasteiger partial charge in [-0.3, -0.25) is 5.32 Å². The van der Waals surface area contributed by atoms with Gasteiger partial charge in [-0.25, -0.2) is 5.11 Å². The average molecular weight is 114 g/mol. The molecule has 3 heteroatoms. The summed E-state index contributed by atoms with van der Waals surface area (Å²) >= 11 is 0. The lowest BCUT2D eigenvalue weighted by Crippen LogP contribution is -2.60. The number of hydrogen-bond acceptors (Lipinski definition) is 2. The Morgan fingerprint density at radius 3 is 2.88 bits per heavy atom. The Hall–Kier alpha value is -0.120. The Kier molecular flexibility index (Phi) is 0.730. The second-order valence-electron chi connectivity index (χ2n) is 2.43. The van der Waals surface area contributed by atoms with Crippen molar-refractivity contribution in [3.8, 4) is 0 Å². The van der Waals surface area contributed by atoms with Crippen LogP contribution in [0, 0.1) is 0 Å². The van der Waals surface area contributed by atoms with E-state index in [1.54, 1.807) is 0 Å². The minimum Gasteiger partial charge on any atom is -0.340 e. The lowest BCUT2D eigenvalue weighted by atomic mass is 10.2. The van der Waals surface area contributed by atoms with E-state index in [1.807, 2.05) is 0 Å². The van der Waals surface area contributed by atoms with E-state index in [0.717, 1.165) is 12.8 Å². The third-order valence-corrected chi connectivity index (χ3v) is 1.84. The molecule has 0 aliphatic carbocycles. The van der Waals surface area contributed by atoms with Crippen LogP contribution in [0.5, 0.6) is 0 Å².